The van der Waals surface area contributed by atoms with Crippen molar-refractivity contribution in [1.82, 2.24) is 0 Å². The molecule has 4 heteroatoms. The monoisotopic (exact) mass is 285 g/mol. The third-order valence-electron chi connectivity index (χ3n) is 3.10. The Morgan fingerprint density at radius 1 is 1.05 bits per heavy atom. The number of nitrogens with one attached hydrogen (secondary N) is 1. The summed E-state index contributed by atoms with van der Waals surface area (Å²) in [7, 11) is 1.60. The van der Waals surface area contributed by atoms with Crippen LogP contribution in [0.15, 0.2) is 42.5 Å². The maximum Gasteiger partial charge on any atom is 0.262 e. The van der Waals surface area contributed by atoms with Crippen molar-refractivity contribution < 1.29 is 14.3 Å². The lowest BCUT2D eigenvalue weighted by Crippen LogP contribution is -2.20. The first-order valence-corrected chi connectivity index (χ1v) is 6.72. The van der Waals surface area contributed by atoms with Gasteiger partial charge in [0, 0.05) is 5.69 Å². The molecule has 0 spiro atoms. The number of carbonyl (C=O) groups is 1. The van der Waals surface area contributed by atoms with Gasteiger partial charge in [-0.15, -0.1) is 0 Å². The van der Waals surface area contributed by atoms with E-state index in [9.17, 15) is 4.79 Å². The average molecular weight is 285 g/mol. The number of hydrogen-bond acceptors (Lipinski definition) is 3. The molecular weight excluding hydrogens is 266 g/mol. The van der Waals surface area contributed by atoms with E-state index in [2.05, 4.69) is 5.32 Å². The summed E-state index contributed by atoms with van der Waals surface area (Å²) in [6.45, 7) is 3.92. The fourth-order valence-electron chi connectivity index (χ4n) is 1.88. The largest absolute Gasteiger partial charge is 0.497 e. The summed E-state index contributed by atoms with van der Waals surface area (Å²) in [5, 5.41) is 2.86. The summed E-state index contributed by atoms with van der Waals surface area (Å²) in [5.41, 5.74) is 2.95. The second-order valence-electron chi connectivity index (χ2n) is 4.83. The Morgan fingerprint density at radius 2 is 1.71 bits per heavy atom. The number of hydrogen-bond donors (Lipinski definition) is 1. The Hall–Kier alpha value is -2.49. The van der Waals surface area contributed by atoms with Crippen LogP contribution in [0, 0.1) is 13.8 Å². The highest BCUT2D eigenvalue weighted by Gasteiger charge is 2.06. The zero-order valence-electron chi connectivity index (χ0n) is 12.5. The van der Waals surface area contributed by atoms with Gasteiger partial charge < -0.3 is 14.8 Å². The minimum atomic E-state index is -0.181. The molecule has 0 heterocycles. The Labute approximate surface area is 124 Å². The van der Waals surface area contributed by atoms with Crippen molar-refractivity contribution in [3.8, 4) is 11.5 Å². The second-order valence-corrected chi connectivity index (χ2v) is 4.83. The van der Waals surface area contributed by atoms with Crippen LogP contribution in [0.1, 0.15) is 11.1 Å². The van der Waals surface area contributed by atoms with Crippen LogP contribution in [-0.4, -0.2) is 19.6 Å². The molecule has 0 bridgehead atoms. The first-order valence-electron chi connectivity index (χ1n) is 6.72. The number of anilines is 1. The lowest BCUT2D eigenvalue weighted by atomic mass is 10.1. The Bertz CT molecular complexity index is 620. The highest BCUT2D eigenvalue weighted by Crippen LogP contribution is 2.18. The van der Waals surface area contributed by atoms with Crippen molar-refractivity contribution in [2.24, 2.45) is 0 Å². The lowest BCUT2D eigenvalue weighted by molar-refractivity contribution is -0.118. The molecule has 2 aromatic rings. The molecule has 1 N–H and O–H groups in total. The van der Waals surface area contributed by atoms with Gasteiger partial charge in [0.25, 0.3) is 5.91 Å². The summed E-state index contributed by atoms with van der Waals surface area (Å²) >= 11 is 0. The maximum atomic E-state index is 11.9. The molecule has 0 saturated carbocycles. The third-order valence-corrected chi connectivity index (χ3v) is 3.10. The number of carbonyl (C=O) groups excluding carboxylic acids is 1. The van der Waals surface area contributed by atoms with E-state index in [0.29, 0.717) is 5.75 Å². The highest BCUT2D eigenvalue weighted by molar-refractivity contribution is 5.92. The molecule has 0 atom stereocenters. The van der Waals surface area contributed by atoms with E-state index < -0.39 is 0 Å². The molecule has 1 amide bonds. The van der Waals surface area contributed by atoms with E-state index in [-0.39, 0.29) is 12.5 Å². The van der Waals surface area contributed by atoms with Crippen molar-refractivity contribution in [3.63, 3.8) is 0 Å². The van der Waals surface area contributed by atoms with Crippen molar-refractivity contribution >= 4 is 11.6 Å². The first kappa shape index (κ1) is 14.9. The van der Waals surface area contributed by atoms with Gasteiger partial charge in [0.2, 0.25) is 0 Å². The minimum absolute atomic E-state index is 0.0281. The minimum Gasteiger partial charge on any atom is -0.497 e. The summed E-state index contributed by atoms with van der Waals surface area (Å²) in [5.74, 6) is 1.20. The van der Waals surface area contributed by atoms with Gasteiger partial charge in [0.05, 0.1) is 7.11 Å². The van der Waals surface area contributed by atoms with Gasteiger partial charge in [-0.3, -0.25) is 4.79 Å². The zero-order chi connectivity index (χ0) is 15.2. The van der Waals surface area contributed by atoms with Gasteiger partial charge in [0.15, 0.2) is 6.61 Å². The molecule has 4 nitrogen and oxygen atoms in total. The molecule has 0 aromatic heterocycles. The van der Waals surface area contributed by atoms with Crippen molar-refractivity contribution in [2.45, 2.75) is 13.8 Å². The molecule has 0 radical (unpaired) electrons. The van der Waals surface area contributed by atoms with Gasteiger partial charge in [-0.2, -0.15) is 0 Å². The van der Waals surface area contributed by atoms with E-state index in [0.717, 1.165) is 22.6 Å². The quantitative estimate of drug-likeness (QED) is 0.916. The van der Waals surface area contributed by atoms with Crippen LogP contribution in [0.25, 0.3) is 0 Å². The predicted octanol–water partition coefficient (Wildman–Crippen LogP) is 3.33. The fourth-order valence-corrected chi connectivity index (χ4v) is 1.88. The van der Waals surface area contributed by atoms with E-state index in [1.807, 2.05) is 32.0 Å². The zero-order valence-corrected chi connectivity index (χ0v) is 12.5. The lowest BCUT2D eigenvalue weighted by Gasteiger charge is -2.10. The van der Waals surface area contributed by atoms with Gasteiger partial charge in [0.1, 0.15) is 11.5 Å². The SMILES string of the molecule is COc1ccc(OCC(=O)Nc2cc(C)ccc2C)cc1. The van der Waals surface area contributed by atoms with Crippen molar-refractivity contribution in [3.05, 3.63) is 53.6 Å². The Morgan fingerprint density at radius 3 is 2.38 bits per heavy atom. The van der Waals surface area contributed by atoms with Crippen LogP contribution < -0.4 is 14.8 Å². The standard InChI is InChI=1S/C17H19NO3/c1-12-4-5-13(2)16(10-12)18-17(19)11-21-15-8-6-14(20-3)7-9-15/h4-10H,11H2,1-3H3,(H,18,19). The molecule has 0 unspecified atom stereocenters. The normalized spacial score (nSPS) is 10.0. The first-order chi connectivity index (χ1) is 10.1. The van der Waals surface area contributed by atoms with Crippen LogP contribution in [0.4, 0.5) is 5.69 Å². The summed E-state index contributed by atoms with van der Waals surface area (Å²) < 4.78 is 10.5. The van der Waals surface area contributed by atoms with Gasteiger partial charge in [-0.05, 0) is 55.3 Å². The average Bonchev–Trinajstić information content (AvgIpc) is 2.49. The van der Waals surface area contributed by atoms with E-state index in [1.54, 1.807) is 31.4 Å². The van der Waals surface area contributed by atoms with E-state index in [1.165, 1.54) is 0 Å². The topological polar surface area (TPSA) is 47.6 Å². The molecule has 110 valence electrons. The van der Waals surface area contributed by atoms with Gasteiger partial charge in [-0.25, -0.2) is 0 Å². The molecule has 21 heavy (non-hydrogen) atoms. The summed E-state index contributed by atoms with van der Waals surface area (Å²) in [6.07, 6.45) is 0. The van der Waals surface area contributed by atoms with E-state index in [4.69, 9.17) is 9.47 Å². The maximum absolute atomic E-state index is 11.9. The Balaban J connectivity index is 1.91. The van der Waals surface area contributed by atoms with Crippen LogP contribution in [0.2, 0.25) is 0 Å². The van der Waals surface area contributed by atoms with Gasteiger partial charge >= 0.3 is 0 Å². The van der Waals surface area contributed by atoms with Gasteiger partial charge in [-0.1, -0.05) is 12.1 Å². The third kappa shape index (κ3) is 4.24. The number of benzene rings is 2. The van der Waals surface area contributed by atoms with E-state index >= 15 is 0 Å². The molecule has 0 aliphatic rings. The molecular formula is C17H19NO3. The fraction of sp³-hybridized carbons (Fsp3) is 0.235. The molecule has 0 saturated heterocycles. The van der Waals surface area contributed by atoms with Crippen LogP contribution in [0.3, 0.4) is 0 Å². The smallest absolute Gasteiger partial charge is 0.262 e. The molecule has 2 rings (SSSR count). The van der Waals surface area contributed by atoms with Crippen LogP contribution >= 0.6 is 0 Å². The second kappa shape index (κ2) is 6.79. The molecule has 0 aliphatic heterocycles. The molecule has 2 aromatic carbocycles. The van der Waals surface area contributed by atoms with Crippen molar-refractivity contribution in [1.29, 1.82) is 0 Å². The number of amides is 1. The molecule has 0 fully saturated rings. The number of methoxy groups -OCH3 is 1. The highest BCUT2D eigenvalue weighted by atomic mass is 16.5. The number of rotatable bonds is 5. The van der Waals surface area contributed by atoms with Crippen LogP contribution in [-0.2, 0) is 4.79 Å². The van der Waals surface area contributed by atoms with Crippen molar-refractivity contribution in [2.75, 3.05) is 19.0 Å². The summed E-state index contributed by atoms with van der Waals surface area (Å²) in [4.78, 5) is 11.9. The Kier molecular flexibility index (Phi) is 4.82. The molecule has 0 aliphatic carbocycles. The summed E-state index contributed by atoms with van der Waals surface area (Å²) in [6, 6.07) is 13.1. The van der Waals surface area contributed by atoms with Crippen LogP contribution in [0.5, 0.6) is 11.5 Å². The number of aryl methyl sites for hydroxylation is 2. The number of ether oxygens (including phenoxy) is 2. The predicted molar refractivity (Wildman–Crippen MR) is 83.0 cm³/mol.